The number of fused-ring (bicyclic) bond motifs is 1. The Labute approximate surface area is 205 Å². The maximum absolute atomic E-state index is 12.2. The van der Waals surface area contributed by atoms with Gasteiger partial charge in [-0.2, -0.15) is 0 Å². The first-order chi connectivity index (χ1) is 17.0. The molecule has 0 fully saturated rings. The van der Waals surface area contributed by atoms with Gasteiger partial charge in [-0.05, 0) is 42.1 Å². The van der Waals surface area contributed by atoms with Crippen LogP contribution in [0.1, 0.15) is 71.1 Å². The van der Waals surface area contributed by atoms with E-state index in [1.54, 1.807) is 12.1 Å². The lowest BCUT2D eigenvalue weighted by Gasteiger charge is -2.20. The molecular formula is C24H37N5O6. The van der Waals surface area contributed by atoms with Crippen molar-refractivity contribution in [2.45, 2.75) is 83.3 Å². The highest BCUT2D eigenvalue weighted by molar-refractivity contribution is 5.93. The summed E-state index contributed by atoms with van der Waals surface area (Å²) in [6.45, 7) is 2.43. The molecule has 0 radical (unpaired) electrons. The van der Waals surface area contributed by atoms with Gasteiger partial charge in [0, 0.05) is 19.0 Å². The quantitative estimate of drug-likeness (QED) is 0.105. The Bertz CT molecular complexity index is 948. The fourth-order valence-corrected chi connectivity index (χ4v) is 3.71. The van der Waals surface area contributed by atoms with Crippen molar-refractivity contribution in [3.05, 3.63) is 34.4 Å². The maximum atomic E-state index is 12.2. The van der Waals surface area contributed by atoms with Crippen LogP contribution in [0.3, 0.4) is 0 Å². The molecule has 2 aromatic rings. The minimum atomic E-state index is -0.923. The Kier molecular flexibility index (Phi) is 12.7. The molecule has 0 aliphatic carbocycles. The van der Waals surface area contributed by atoms with E-state index in [0.29, 0.717) is 30.6 Å². The first kappa shape index (κ1) is 28.2. The van der Waals surface area contributed by atoms with E-state index < -0.39 is 17.1 Å². The fourth-order valence-electron chi connectivity index (χ4n) is 3.71. The number of nitrogens with one attached hydrogen (secondary N) is 2. The summed E-state index contributed by atoms with van der Waals surface area (Å²) in [6.07, 6.45) is 11.9. The molecule has 0 bridgehead atoms. The number of amides is 1. The van der Waals surface area contributed by atoms with Crippen LogP contribution in [-0.2, 0) is 4.79 Å². The Morgan fingerprint density at radius 2 is 1.89 bits per heavy atom. The number of hydrogen-bond donors (Lipinski definition) is 4. The largest absolute Gasteiger partial charge is 0.394 e. The normalized spacial score (nSPS) is 13.2. The third-order valence-corrected chi connectivity index (χ3v) is 5.75. The van der Waals surface area contributed by atoms with Gasteiger partial charge in [0.1, 0.15) is 0 Å². The molecule has 1 aromatic carbocycles. The van der Waals surface area contributed by atoms with Crippen LogP contribution in [0.25, 0.3) is 11.0 Å². The van der Waals surface area contributed by atoms with Gasteiger partial charge in [-0.25, -0.2) is 4.63 Å². The van der Waals surface area contributed by atoms with Crippen LogP contribution in [0.4, 0.5) is 11.4 Å². The zero-order valence-corrected chi connectivity index (χ0v) is 20.3. The molecular weight excluding hydrogens is 454 g/mol. The predicted octanol–water partition coefficient (Wildman–Crippen LogP) is 3.86. The average Bonchev–Trinajstić information content (AvgIpc) is 3.34. The molecule has 194 valence electrons. The number of hydrogen-bond acceptors (Lipinski definition) is 9. The van der Waals surface area contributed by atoms with E-state index >= 15 is 0 Å². The molecule has 0 spiro atoms. The Hall–Kier alpha value is -3.05. The summed E-state index contributed by atoms with van der Waals surface area (Å²) in [5.74, 6) is -0.213. The van der Waals surface area contributed by atoms with Gasteiger partial charge in [0.05, 0.1) is 29.4 Å². The lowest BCUT2D eigenvalue weighted by atomic mass is 10.1. The van der Waals surface area contributed by atoms with E-state index in [4.69, 9.17) is 0 Å². The number of aliphatic hydroxyl groups is 2. The van der Waals surface area contributed by atoms with Crippen LogP contribution in [0.5, 0.6) is 0 Å². The van der Waals surface area contributed by atoms with Crippen molar-refractivity contribution in [2.75, 3.05) is 18.5 Å². The lowest BCUT2D eigenvalue weighted by Crippen LogP contribution is -2.45. The zero-order chi connectivity index (χ0) is 25.5. The monoisotopic (exact) mass is 491 g/mol. The van der Waals surface area contributed by atoms with Gasteiger partial charge in [-0.1, -0.05) is 51.2 Å². The highest BCUT2D eigenvalue weighted by Gasteiger charge is 2.20. The minimum absolute atomic E-state index is 0.0964. The van der Waals surface area contributed by atoms with E-state index in [9.17, 15) is 25.1 Å². The molecule has 35 heavy (non-hydrogen) atoms. The second-order valence-electron chi connectivity index (χ2n) is 8.57. The lowest BCUT2D eigenvalue weighted by molar-refractivity contribution is -0.383. The smallest absolute Gasteiger partial charge is 0.300 e. The van der Waals surface area contributed by atoms with Crippen LogP contribution in [0.15, 0.2) is 28.9 Å². The number of anilines is 1. The molecule has 11 nitrogen and oxygen atoms in total. The standard InChI is InChI=1S/C24H37N5O6/c1-2-3-4-5-6-7-9-12-21(31)19(17-30)26-22(32)13-10-8-11-16-25-18-14-15-20(29(33)34)24-23(18)27-35-28-24/h9,12,14-15,19,21,25,30-31H,2-8,10-11,13,16-17H2,1H3,(H,26,32)/b12-9+/t19-,21+/m0/s1. The molecule has 0 saturated heterocycles. The van der Waals surface area contributed by atoms with Crippen molar-refractivity contribution < 1.29 is 24.6 Å². The second-order valence-corrected chi connectivity index (χ2v) is 8.57. The van der Waals surface area contributed by atoms with Gasteiger partial charge in [-0.15, -0.1) is 0 Å². The third kappa shape index (κ3) is 9.61. The van der Waals surface area contributed by atoms with E-state index in [1.807, 2.05) is 6.08 Å². The summed E-state index contributed by atoms with van der Waals surface area (Å²) in [4.78, 5) is 22.7. The van der Waals surface area contributed by atoms with Gasteiger partial charge in [0.2, 0.25) is 11.4 Å². The van der Waals surface area contributed by atoms with Crippen LogP contribution in [0, 0.1) is 10.1 Å². The van der Waals surface area contributed by atoms with E-state index in [-0.39, 0.29) is 23.7 Å². The molecule has 1 amide bonds. The zero-order valence-electron chi connectivity index (χ0n) is 20.3. The van der Waals surface area contributed by atoms with E-state index in [2.05, 4.69) is 32.5 Å². The van der Waals surface area contributed by atoms with Gasteiger partial charge in [0.15, 0.2) is 5.52 Å². The molecule has 0 aliphatic heterocycles. The van der Waals surface area contributed by atoms with Crippen molar-refractivity contribution >= 4 is 28.3 Å². The summed E-state index contributed by atoms with van der Waals surface area (Å²) in [5, 5.41) is 44.0. The number of benzene rings is 1. The predicted molar refractivity (Wildman–Crippen MR) is 133 cm³/mol. The van der Waals surface area contributed by atoms with Crippen molar-refractivity contribution in [1.29, 1.82) is 0 Å². The van der Waals surface area contributed by atoms with Crippen molar-refractivity contribution in [3.8, 4) is 0 Å². The first-order valence-electron chi connectivity index (χ1n) is 12.4. The number of carbonyl (C=O) groups is 1. The van der Waals surface area contributed by atoms with Gasteiger partial charge >= 0.3 is 5.69 Å². The Morgan fingerprint density at radius 1 is 1.14 bits per heavy atom. The molecule has 0 aliphatic rings. The number of unbranched alkanes of at least 4 members (excludes halogenated alkanes) is 7. The number of nitrogens with zero attached hydrogens (tertiary/aromatic N) is 3. The van der Waals surface area contributed by atoms with Crippen molar-refractivity contribution in [3.63, 3.8) is 0 Å². The van der Waals surface area contributed by atoms with E-state index in [1.165, 1.54) is 31.7 Å². The molecule has 1 aromatic heterocycles. The molecule has 1 heterocycles. The third-order valence-electron chi connectivity index (χ3n) is 5.75. The number of allylic oxidation sites excluding steroid dienone is 1. The van der Waals surface area contributed by atoms with Crippen LogP contribution in [-0.4, -0.2) is 56.7 Å². The fraction of sp³-hybridized carbons (Fsp3) is 0.625. The molecule has 11 heteroatoms. The number of aromatic nitrogens is 2. The summed E-state index contributed by atoms with van der Waals surface area (Å²) in [6, 6.07) is 2.20. The van der Waals surface area contributed by atoms with Crippen LogP contribution >= 0.6 is 0 Å². The summed E-state index contributed by atoms with van der Waals surface area (Å²) < 4.78 is 4.64. The minimum Gasteiger partial charge on any atom is -0.394 e. The molecule has 4 N–H and O–H groups in total. The summed E-state index contributed by atoms with van der Waals surface area (Å²) in [5.41, 5.74) is 0.831. The van der Waals surface area contributed by atoms with Gasteiger partial charge in [0.25, 0.3) is 0 Å². The van der Waals surface area contributed by atoms with Crippen LogP contribution < -0.4 is 10.6 Å². The number of nitro benzene ring substituents is 1. The molecule has 0 saturated carbocycles. The number of aliphatic hydroxyl groups excluding tert-OH is 2. The SMILES string of the molecule is CCCCCCC/C=C/[C@@H](O)[C@H](CO)NC(=O)CCCCCNc1ccc([N+](=O)[O-])c2nonc12. The van der Waals surface area contributed by atoms with Gasteiger partial charge < -0.3 is 20.8 Å². The van der Waals surface area contributed by atoms with Crippen molar-refractivity contribution in [1.82, 2.24) is 15.6 Å². The second kappa shape index (κ2) is 15.8. The maximum Gasteiger partial charge on any atom is 0.300 e. The Balaban J connectivity index is 1.63. The summed E-state index contributed by atoms with van der Waals surface area (Å²) in [7, 11) is 0. The first-order valence-corrected chi connectivity index (χ1v) is 12.4. The van der Waals surface area contributed by atoms with Gasteiger partial charge in [-0.3, -0.25) is 14.9 Å². The Morgan fingerprint density at radius 3 is 2.63 bits per heavy atom. The highest BCUT2D eigenvalue weighted by atomic mass is 16.6. The molecule has 2 atom stereocenters. The van der Waals surface area contributed by atoms with Crippen molar-refractivity contribution in [2.24, 2.45) is 0 Å². The number of non-ortho nitro benzene ring substituents is 1. The molecule has 2 rings (SSSR count). The summed E-state index contributed by atoms with van der Waals surface area (Å²) >= 11 is 0. The number of carbonyl (C=O) groups excluding carboxylic acids is 1. The average molecular weight is 492 g/mol. The van der Waals surface area contributed by atoms with Crippen LogP contribution in [0.2, 0.25) is 0 Å². The number of rotatable bonds is 18. The topological polar surface area (TPSA) is 164 Å². The molecule has 0 unspecified atom stereocenters. The highest BCUT2D eigenvalue weighted by Crippen LogP contribution is 2.28. The van der Waals surface area contributed by atoms with E-state index in [0.717, 1.165) is 25.7 Å². The number of nitro groups is 1.